The number of alkyl halides is 3. The first-order valence-electron chi connectivity index (χ1n) is 9.63. The van der Waals surface area contributed by atoms with Crippen molar-refractivity contribution < 1.29 is 41.0 Å². The van der Waals surface area contributed by atoms with E-state index in [9.17, 15) is 26.7 Å². The molecule has 0 saturated carbocycles. The minimum absolute atomic E-state index is 0.0537. The van der Waals surface area contributed by atoms with Gasteiger partial charge in [-0.2, -0.15) is 17.6 Å². The van der Waals surface area contributed by atoms with Crippen LogP contribution in [0, 0.1) is 23.5 Å². The number of hydrogen-bond acceptors (Lipinski definition) is 4. The van der Waals surface area contributed by atoms with E-state index in [-0.39, 0.29) is 18.0 Å². The molecule has 5 nitrogen and oxygen atoms in total. The van der Waals surface area contributed by atoms with Gasteiger partial charge in [-0.25, -0.2) is 4.39 Å². The Morgan fingerprint density at radius 2 is 2.03 bits per heavy atom. The van der Waals surface area contributed by atoms with Gasteiger partial charge in [0, 0.05) is 36.5 Å². The van der Waals surface area contributed by atoms with Crippen molar-refractivity contribution in [2.24, 2.45) is 11.8 Å². The molecule has 1 aromatic rings. The van der Waals surface area contributed by atoms with E-state index in [0.29, 0.717) is 13.2 Å². The maximum Gasteiger partial charge on any atom is 0.417 e. The molecule has 0 aromatic heterocycles. The second kappa shape index (κ2) is 8.30. The number of benzene rings is 1. The summed E-state index contributed by atoms with van der Waals surface area (Å²) in [5.41, 5.74) is -2.72. The highest BCUT2D eigenvalue weighted by Gasteiger charge is 2.65. The lowest BCUT2D eigenvalue weighted by atomic mass is 9.77. The number of methoxy groups -OCH3 is 1. The highest BCUT2D eigenvalue weighted by molar-refractivity contribution is 5.82. The van der Waals surface area contributed by atoms with Gasteiger partial charge in [-0.3, -0.25) is 4.79 Å². The Kier molecular flexibility index (Phi) is 6.29. The lowest BCUT2D eigenvalue weighted by Gasteiger charge is -2.32. The van der Waals surface area contributed by atoms with Gasteiger partial charge >= 0.3 is 6.18 Å². The fourth-order valence-corrected chi connectivity index (χ4v) is 4.13. The summed E-state index contributed by atoms with van der Waals surface area (Å²) in [6.07, 6.45) is -5.62. The Bertz CT molecular complexity index is 796. The molecule has 2 heterocycles. The van der Waals surface area contributed by atoms with Crippen LogP contribution in [0.3, 0.4) is 0 Å². The van der Waals surface area contributed by atoms with Gasteiger partial charge < -0.3 is 19.5 Å². The standard InChI is InChI=1S/C20H24F5NO4/c1-10-14(12-4-5-13(21)15(22)16(12)28-3)17(30-19(10,2)20(23,24)25)18(27)26-8-11-6-7-29-9-11/h4-5,10-11,14,17H,6-9H2,1-3H3,(H,26,27)/t10-,11+,14-,17+,19+/m0/s1. The van der Waals surface area contributed by atoms with Gasteiger partial charge in [0.25, 0.3) is 0 Å². The summed E-state index contributed by atoms with van der Waals surface area (Å²) in [5.74, 6) is -6.25. The molecule has 1 N–H and O–H groups in total. The van der Waals surface area contributed by atoms with Crippen LogP contribution in [0.1, 0.15) is 31.7 Å². The number of hydrogen-bond donors (Lipinski definition) is 1. The maximum absolute atomic E-state index is 14.3. The second-order valence-corrected chi connectivity index (χ2v) is 7.92. The van der Waals surface area contributed by atoms with Crippen molar-refractivity contribution in [2.75, 3.05) is 26.9 Å². The third-order valence-electron chi connectivity index (χ3n) is 6.16. The third kappa shape index (κ3) is 3.87. The molecule has 1 amide bonds. The molecular formula is C20H24F5NO4. The van der Waals surface area contributed by atoms with Gasteiger partial charge in [0.1, 0.15) is 6.10 Å². The Balaban J connectivity index is 1.98. The maximum atomic E-state index is 14.3. The Hall–Kier alpha value is -1.94. The van der Waals surface area contributed by atoms with Crippen LogP contribution in [0.4, 0.5) is 22.0 Å². The zero-order chi connectivity index (χ0) is 22.3. The van der Waals surface area contributed by atoms with Crippen molar-refractivity contribution >= 4 is 5.91 Å². The van der Waals surface area contributed by atoms with Crippen molar-refractivity contribution in [3.8, 4) is 5.75 Å². The first-order valence-corrected chi connectivity index (χ1v) is 9.63. The van der Waals surface area contributed by atoms with E-state index in [1.165, 1.54) is 6.92 Å². The normalized spacial score (nSPS) is 31.7. The van der Waals surface area contributed by atoms with Crippen molar-refractivity contribution in [1.29, 1.82) is 0 Å². The average molecular weight is 437 g/mol. The number of nitrogens with one attached hydrogen (secondary N) is 1. The first kappa shape index (κ1) is 22.7. The van der Waals surface area contributed by atoms with Crippen LogP contribution in [-0.4, -0.2) is 50.7 Å². The molecule has 2 aliphatic rings. The van der Waals surface area contributed by atoms with Crippen molar-refractivity contribution in [1.82, 2.24) is 5.32 Å². The Morgan fingerprint density at radius 3 is 2.60 bits per heavy atom. The van der Waals surface area contributed by atoms with Crippen LogP contribution in [0.5, 0.6) is 5.75 Å². The van der Waals surface area contributed by atoms with Gasteiger partial charge in [-0.05, 0) is 19.4 Å². The molecule has 3 rings (SSSR count). The molecular weight excluding hydrogens is 413 g/mol. The lowest BCUT2D eigenvalue weighted by Crippen LogP contribution is -2.47. The molecule has 0 spiro atoms. The van der Waals surface area contributed by atoms with Gasteiger partial charge in [0.05, 0.1) is 13.7 Å². The number of rotatable bonds is 5. The minimum atomic E-state index is -4.79. The van der Waals surface area contributed by atoms with Gasteiger partial charge in [-0.1, -0.05) is 13.0 Å². The molecule has 2 fully saturated rings. The van der Waals surface area contributed by atoms with E-state index in [2.05, 4.69) is 5.32 Å². The smallest absolute Gasteiger partial charge is 0.417 e. The van der Waals surface area contributed by atoms with Crippen LogP contribution < -0.4 is 10.1 Å². The van der Waals surface area contributed by atoms with E-state index in [4.69, 9.17) is 14.2 Å². The van der Waals surface area contributed by atoms with Gasteiger partial charge in [-0.15, -0.1) is 0 Å². The fourth-order valence-electron chi connectivity index (χ4n) is 4.13. The number of carbonyl (C=O) groups is 1. The number of carbonyl (C=O) groups excluding carboxylic acids is 1. The molecule has 0 bridgehead atoms. The highest BCUT2D eigenvalue weighted by atomic mass is 19.4. The molecule has 168 valence electrons. The van der Waals surface area contributed by atoms with E-state index in [1.54, 1.807) is 0 Å². The summed E-state index contributed by atoms with van der Waals surface area (Å²) >= 11 is 0. The quantitative estimate of drug-likeness (QED) is 0.716. The summed E-state index contributed by atoms with van der Waals surface area (Å²) in [5, 5.41) is 2.62. The summed E-state index contributed by atoms with van der Waals surface area (Å²) < 4.78 is 84.9. The zero-order valence-corrected chi connectivity index (χ0v) is 16.8. The second-order valence-electron chi connectivity index (χ2n) is 7.92. The van der Waals surface area contributed by atoms with Gasteiger partial charge in [0.15, 0.2) is 17.2 Å². The number of amides is 1. The van der Waals surface area contributed by atoms with Crippen LogP contribution in [0.15, 0.2) is 12.1 Å². The molecule has 30 heavy (non-hydrogen) atoms. The van der Waals surface area contributed by atoms with E-state index < -0.39 is 53.0 Å². The summed E-state index contributed by atoms with van der Waals surface area (Å²) in [6.45, 7) is 3.35. The zero-order valence-electron chi connectivity index (χ0n) is 16.8. The minimum Gasteiger partial charge on any atom is -0.493 e. The third-order valence-corrected chi connectivity index (χ3v) is 6.16. The average Bonchev–Trinajstić information content (AvgIpc) is 3.29. The Morgan fingerprint density at radius 1 is 1.33 bits per heavy atom. The summed E-state index contributed by atoms with van der Waals surface area (Å²) in [4.78, 5) is 12.8. The van der Waals surface area contributed by atoms with E-state index >= 15 is 0 Å². The largest absolute Gasteiger partial charge is 0.493 e. The van der Waals surface area contributed by atoms with Crippen molar-refractivity contribution in [3.05, 3.63) is 29.3 Å². The predicted octanol–water partition coefficient (Wildman–Crippen LogP) is 3.57. The van der Waals surface area contributed by atoms with Crippen LogP contribution in [0.2, 0.25) is 0 Å². The molecule has 10 heteroatoms. The molecule has 0 aliphatic carbocycles. The van der Waals surface area contributed by atoms with Crippen molar-refractivity contribution in [3.63, 3.8) is 0 Å². The highest BCUT2D eigenvalue weighted by Crippen LogP contribution is 2.54. The monoisotopic (exact) mass is 437 g/mol. The van der Waals surface area contributed by atoms with Gasteiger partial charge in [0.2, 0.25) is 11.7 Å². The number of halogens is 5. The van der Waals surface area contributed by atoms with E-state index in [1.807, 2.05) is 0 Å². The predicted molar refractivity (Wildman–Crippen MR) is 96.1 cm³/mol. The summed E-state index contributed by atoms with van der Waals surface area (Å²) in [6, 6.07) is 1.93. The SMILES string of the molecule is COc1c([C@H]2[C@H](C(=O)NC[C@H]3CCOC3)O[C@@](C)(C(F)(F)F)[C@H]2C)ccc(F)c1F. The molecule has 1 aromatic carbocycles. The van der Waals surface area contributed by atoms with Crippen LogP contribution >= 0.6 is 0 Å². The molecule has 2 aliphatic heterocycles. The fraction of sp³-hybridized carbons (Fsp3) is 0.650. The molecule has 5 atom stereocenters. The topological polar surface area (TPSA) is 56.8 Å². The van der Waals surface area contributed by atoms with Crippen LogP contribution in [-0.2, 0) is 14.3 Å². The summed E-state index contributed by atoms with van der Waals surface area (Å²) in [7, 11) is 1.08. The lowest BCUT2D eigenvalue weighted by molar-refractivity contribution is -0.272. The Labute approximate surface area is 170 Å². The number of ether oxygens (including phenoxy) is 3. The van der Waals surface area contributed by atoms with Crippen LogP contribution in [0.25, 0.3) is 0 Å². The van der Waals surface area contributed by atoms with E-state index in [0.717, 1.165) is 32.6 Å². The molecule has 0 radical (unpaired) electrons. The first-order chi connectivity index (χ1) is 14.0. The molecule has 2 saturated heterocycles. The van der Waals surface area contributed by atoms with Crippen molar-refractivity contribution in [2.45, 2.75) is 44.1 Å². The molecule has 0 unspecified atom stereocenters.